The average molecular weight is 273 g/mol. The van der Waals surface area contributed by atoms with Crippen molar-refractivity contribution in [3.8, 4) is 5.75 Å². The van der Waals surface area contributed by atoms with Gasteiger partial charge in [0, 0.05) is 18.8 Å². The van der Waals surface area contributed by atoms with E-state index in [4.69, 9.17) is 4.74 Å². The molecule has 2 rings (SSSR count). The Bertz CT molecular complexity index is 612. The second-order valence-corrected chi connectivity index (χ2v) is 4.34. The molecule has 1 N–H and O–H groups in total. The molecule has 0 aliphatic rings. The van der Waals surface area contributed by atoms with Crippen molar-refractivity contribution in [3.05, 3.63) is 57.8 Å². The summed E-state index contributed by atoms with van der Waals surface area (Å²) in [5.41, 5.74) is 1.73. The largest absolute Gasteiger partial charge is 0.497 e. The lowest BCUT2D eigenvalue weighted by atomic mass is 10.2. The average Bonchev–Trinajstić information content (AvgIpc) is 2.46. The number of rotatable bonds is 5. The van der Waals surface area contributed by atoms with Crippen molar-refractivity contribution >= 4 is 11.5 Å². The molecule has 0 radical (unpaired) electrons. The minimum Gasteiger partial charge on any atom is -0.497 e. The van der Waals surface area contributed by atoms with Crippen LogP contribution in [-0.4, -0.2) is 17.0 Å². The van der Waals surface area contributed by atoms with Gasteiger partial charge in [-0.1, -0.05) is 12.1 Å². The van der Waals surface area contributed by atoms with Crippen LogP contribution in [0.4, 0.5) is 11.5 Å². The Morgan fingerprint density at radius 3 is 2.65 bits per heavy atom. The predicted octanol–water partition coefficient (Wildman–Crippen LogP) is 2.92. The molecule has 0 aliphatic carbocycles. The van der Waals surface area contributed by atoms with Crippen molar-refractivity contribution in [1.82, 2.24) is 4.98 Å². The van der Waals surface area contributed by atoms with Crippen molar-refractivity contribution in [1.29, 1.82) is 0 Å². The number of nitrogens with one attached hydrogen (secondary N) is 1. The van der Waals surface area contributed by atoms with Crippen molar-refractivity contribution in [3.63, 3.8) is 0 Å². The number of pyridine rings is 1. The van der Waals surface area contributed by atoms with Gasteiger partial charge in [0.15, 0.2) is 0 Å². The summed E-state index contributed by atoms with van der Waals surface area (Å²) in [6, 6.07) is 8.98. The molecule has 6 nitrogen and oxygen atoms in total. The first kappa shape index (κ1) is 13.8. The van der Waals surface area contributed by atoms with Crippen LogP contribution in [-0.2, 0) is 6.54 Å². The van der Waals surface area contributed by atoms with E-state index < -0.39 is 4.92 Å². The van der Waals surface area contributed by atoms with Crippen molar-refractivity contribution in [2.24, 2.45) is 0 Å². The van der Waals surface area contributed by atoms with Gasteiger partial charge in [-0.15, -0.1) is 0 Å². The summed E-state index contributed by atoms with van der Waals surface area (Å²) in [6.07, 6.45) is 1.60. The van der Waals surface area contributed by atoms with E-state index in [0.717, 1.165) is 16.9 Å². The zero-order valence-corrected chi connectivity index (χ0v) is 11.3. The number of ether oxygens (including phenoxy) is 1. The smallest absolute Gasteiger partial charge is 0.311 e. The number of anilines is 1. The van der Waals surface area contributed by atoms with Gasteiger partial charge < -0.3 is 10.1 Å². The van der Waals surface area contributed by atoms with Crippen molar-refractivity contribution < 1.29 is 9.66 Å². The molecule has 0 atom stereocenters. The normalized spacial score (nSPS) is 10.1. The molecule has 1 heterocycles. The number of aromatic nitrogens is 1. The maximum absolute atomic E-state index is 11.0. The zero-order chi connectivity index (χ0) is 14.5. The molecule has 6 heteroatoms. The quantitative estimate of drug-likeness (QED) is 0.669. The fraction of sp³-hybridized carbons (Fsp3) is 0.214. The Labute approximate surface area is 116 Å². The molecule has 20 heavy (non-hydrogen) atoms. The third-order valence-electron chi connectivity index (χ3n) is 2.82. The Kier molecular flexibility index (Phi) is 4.14. The SMILES string of the molecule is COc1ccc(CNc2ncc(C)cc2[N+](=O)[O-])cc1. The van der Waals surface area contributed by atoms with E-state index in [9.17, 15) is 10.1 Å². The van der Waals surface area contributed by atoms with Gasteiger partial charge in [-0.05, 0) is 30.2 Å². The molecule has 0 fully saturated rings. The minimum atomic E-state index is -0.434. The standard InChI is InChI=1S/C14H15N3O3/c1-10-7-13(17(18)19)14(15-8-10)16-9-11-3-5-12(20-2)6-4-11/h3-8H,9H2,1-2H3,(H,15,16). The molecule has 0 saturated heterocycles. The number of nitrogens with zero attached hydrogens (tertiary/aromatic N) is 2. The van der Waals surface area contributed by atoms with Crippen LogP contribution in [0.1, 0.15) is 11.1 Å². The highest BCUT2D eigenvalue weighted by molar-refractivity contribution is 5.56. The molecule has 1 aromatic heterocycles. The molecular weight excluding hydrogens is 258 g/mol. The summed E-state index contributed by atoms with van der Waals surface area (Å²) >= 11 is 0. The van der Waals surface area contributed by atoms with E-state index in [2.05, 4.69) is 10.3 Å². The summed E-state index contributed by atoms with van der Waals surface area (Å²) in [4.78, 5) is 14.6. The lowest BCUT2D eigenvalue weighted by Crippen LogP contribution is -2.05. The number of hydrogen-bond donors (Lipinski definition) is 1. The number of nitro groups is 1. The predicted molar refractivity (Wildman–Crippen MR) is 75.9 cm³/mol. The first-order valence-corrected chi connectivity index (χ1v) is 6.08. The highest BCUT2D eigenvalue weighted by Crippen LogP contribution is 2.23. The Balaban J connectivity index is 2.12. The minimum absolute atomic E-state index is 0.0153. The molecule has 0 aliphatic heterocycles. The van der Waals surface area contributed by atoms with E-state index in [1.54, 1.807) is 20.2 Å². The van der Waals surface area contributed by atoms with Crippen LogP contribution in [0, 0.1) is 17.0 Å². The summed E-state index contributed by atoms with van der Waals surface area (Å²) in [5, 5.41) is 14.0. The second-order valence-electron chi connectivity index (χ2n) is 4.34. The van der Waals surface area contributed by atoms with Crippen LogP contribution in [0.2, 0.25) is 0 Å². The van der Waals surface area contributed by atoms with E-state index >= 15 is 0 Å². The fourth-order valence-corrected chi connectivity index (χ4v) is 1.76. The zero-order valence-electron chi connectivity index (χ0n) is 11.3. The number of methoxy groups -OCH3 is 1. The number of aryl methyl sites for hydroxylation is 1. The lowest BCUT2D eigenvalue weighted by molar-refractivity contribution is -0.384. The summed E-state index contributed by atoms with van der Waals surface area (Å²) < 4.78 is 5.07. The maximum Gasteiger partial charge on any atom is 0.311 e. The van der Waals surface area contributed by atoms with E-state index in [0.29, 0.717) is 6.54 Å². The van der Waals surface area contributed by atoms with Gasteiger partial charge in [0.05, 0.1) is 12.0 Å². The highest BCUT2D eigenvalue weighted by Gasteiger charge is 2.14. The molecule has 104 valence electrons. The summed E-state index contributed by atoms with van der Waals surface area (Å²) in [5.74, 6) is 1.05. The third kappa shape index (κ3) is 3.23. The second kappa shape index (κ2) is 6.01. The van der Waals surface area contributed by atoms with Crippen LogP contribution >= 0.6 is 0 Å². The first-order chi connectivity index (χ1) is 9.60. The van der Waals surface area contributed by atoms with Crippen LogP contribution in [0.3, 0.4) is 0 Å². The summed E-state index contributed by atoms with van der Waals surface area (Å²) in [6.45, 7) is 2.23. The first-order valence-electron chi connectivity index (χ1n) is 6.08. The molecule has 0 saturated carbocycles. The molecular formula is C14H15N3O3. The molecule has 0 spiro atoms. The topological polar surface area (TPSA) is 77.3 Å². The Hall–Kier alpha value is -2.63. The fourth-order valence-electron chi connectivity index (χ4n) is 1.76. The van der Waals surface area contributed by atoms with Crippen LogP contribution in [0.25, 0.3) is 0 Å². The van der Waals surface area contributed by atoms with Crippen LogP contribution in [0.5, 0.6) is 5.75 Å². The van der Waals surface area contributed by atoms with Crippen LogP contribution < -0.4 is 10.1 Å². The van der Waals surface area contributed by atoms with Gasteiger partial charge >= 0.3 is 5.69 Å². The molecule has 1 aromatic carbocycles. The summed E-state index contributed by atoms with van der Waals surface area (Å²) in [7, 11) is 1.60. The Morgan fingerprint density at radius 2 is 2.05 bits per heavy atom. The molecule has 0 unspecified atom stereocenters. The monoisotopic (exact) mass is 273 g/mol. The number of benzene rings is 1. The Morgan fingerprint density at radius 1 is 1.35 bits per heavy atom. The van der Waals surface area contributed by atoms with Crippen molar-refractivity contribution in [2.45, 2.75) is 13.5 Å². The molecule has 0 amide bonds. The third-order valence-corrected chi connectivity index (χ3v) is 2.82. The lowest BCUT2D eigenvalue weighted by Gasteiger charge is -2.07. The van der Waals surface area contributed by atoms with Gasteiger partial charge in [0.2, 0.25) is 5.82 Å². The highest BCUT2D eigenvalue weighted by atomic mass is 16.6. The van der Waals surface area contributed by atoms with Crippen LogP contribution in [0.15, 0.2) is 36.5 Å². The van der Waals surface area contributed by atoms with Gasteiger partial charge in [-0.25, -0.2) is 4.98 Å². The molecule has 2 aromatic rings. The molecule has 0 bridgehead atoms. The van der Waals surface area contributed by atoms with Gasteiger partial charge in [-0.3, -0.25) is 10.1 Å². The van der Waals surface area contributed by atoms with Gasteiger partial charge in [0.1, 0.15) is 5.75 Å². The number of hydrogen-bond acceptors (Lipinski definition) is 5. The van der Waals surface area contributed by atoms with E-state index in [1.807, 2.05) is 24.3 Å². The van der Waals surface area contributed by atoms with Gasteiger partial charge in [-0.2, -0.15) is 0 Å². The van der Waals surface area contributed by atoms with Crippen molar-refractivity contribution in [2.75, 3.05) is 12.4 Å². The van der Waals surface area contributed by atoms with Gasteiger partial charge in [0.25, 0.3) is 0 Å². The van der Waals surface area contributed by atoms with E-state index in [1.165, 1.54) is 6.07 Å². The maximum atomic E-state index is 11.0. The van der Waals surface area contributed by atoms with E-state index in [-0.39, 0.29) is 11.5 Å².